The molecule has 128 valence electrons. The van der Waals surface area contributed by atoms with E-state index in [1.165, 1.54) is 70.3 Å². The Morgan fingerprint density at radius 1 is 0.739 bits per heavy atom. The van der Waals surface area contributed by atoms with E-state index in [0.717, 1.165) is 19.7 Å². The molecule has 23 heavy (non-hydrogen) atoms. The summed E-state index contributed by atoms with van der Waals surface area (Å²) in [6, 6.07) is 10.6. The van der Waals surface area contributed by atoms with Crippen LogP contribution >= 0.6 is 0 Å². The Kier molecular flexibility index (Phi) is 6.93. The molecule has 0 amide bonds. The predicted molar refractivity (Wildman–Crippen MR) is 95.6 cm³/mol. The Labute approximate surface area is 141 Å². The second-order valence-electron chi connectivity index (χ2n) is 7.14. The number of rotatable bonds is 7. The van der Waals surface area contributed by atoms with Crippen molar-refractivity contribution in [2.75, 3.05) is 39.3 Å². The summed E-state index contributed by atoms with van der Waals surface area (Å²) in [5.74, 6) is 0. The molecule has 2 saturated heterocycles. The van der Waals surface area contributed by atoms with Gasteiger partial charge < -0.3 is 14.5 Å². The van der Waals surface area contributed by atoms with Crippen molar-refractivity contribution in [3.63, 3.8) is 0 Å². The average molecular weight is 316 g/mol. The molecular formula is C20H32N2O. The lowest BCUT2D eigenvalue weighted by Gasteiger charge is -2.34. The summed E-state index contributed by atoms with van der Waals surface area (Å²) in [5.41, 5.74) is 1.29. The quantitative estimate of drug-likeness (QED) is 0.765. The van der Waals surface area contributed by atoms with Gasteiger partial charge in [0, 0.05) is 13.1 Å². The first kappa shape index (κ1) is 16.9. The van der Waals surface area contributed by atoms with E-state index in [1.54, 1.807) is 0 Å². The van der Waals surface area contributed by atoms with E-state index in [2.05, 4.69) is 40.1 Å². The van der Waals surface area contributed by atoms with E-state index in [0.29, 0.717) is 6.10 Å². The number of ether oxygens (including phenoxy) is 1. The Morgan fingerprint density at radius 3 is 1.78 bits per heavy atom. The van der Waals surface area contributed by atoms with Gasteiger partial charge in [0.2, 0.25) is 0 Å². The van der Waals surface area contributed by atoms with Crippen molar-refractivity contribution in [2.24, 2.45) is 0 Å². The smallest absolute Gasteiger partial charge is 0.0833 e. The summed E-state index contributed by atoms with van der Waals surface area (Å²) in [4.78, 5) is 5.23. The topological polar surface area (TPSA) is 15.7 Å². The number of hydrogen-bond donors (Lipinski definition) is 0. The third-order valence-corrected chi connectivity index (χ3v) is 5.15. The van der Waals surface area contributed by atoms with Crippen molar-refractivity contribution in [2.45, 2.75) is 51.2 Å². The van der Waals surface area contributed by atoms with Crippen LogP contribution in [0.1, 0.15) is 44.1 Å². The first-order valence-electron chi connectivity index (χ1n) is 9.50. The molecule has 2 aliphatic rings. The maximum atomic E-state index is 6.35. The molecule has 2 heterocycles. The van der Waals surface area contributed by atoms with E-state index in [-0.39, 0.29) is 0 Å². The van der Waals surface area contributed by atoms with Gasteiger partial charge in [-0.2, -0.15) is 0 Å². The van der Waals surface area contributed by atoms with Crippen LogP contribution in [0.5, 0.6) is 0 Å². The molecule has 1 aromatic rings. The molecule has 3 rings (SSSR count). The minimum Gasteiger partial charge on any atom is -0.371 e. The Balaban J connectivity index is 1.52. The molecule has 0 spiro atoms. The molecule has 3 nitrogen and oxygen atoms in total. The van der Waals surface area contributed by atoms with E-state index in [4.69, 9.17) is 4.74 Å². The fraction of sp³-hybridized carbons (Fsp3) is 0.700. The van der Waals surface area contributed by atoms with Gasteiger partial charge >= 0.3 is 0 Å². The fourth-order valence-electron chi connectivity index (χ4n) is 3.81. The first-order chi connectivity index (χ1) is 11.4. The van der Waals surface area contributed by atoms with E-state index < -0.39 is 0 Å². The summed E-state index contributed by atoms with van der Waals surface area (Å²) in [5, 5.41) is 0. The van der Waals surface area contributed by atoms with Gasteiger partial charge in [-0.1, -0.05) is 43.2 Å². The average Bonchev–Trinajstić information content (AvgIpc) is 2.62. The van der Waals surface area contributed by atoms with Crippen LogP contribution in [0.3, 0.4) is 0 Å². The zero-order chi connectivity index (χ0) is 15.7. The summed E-state index contributed by atoms with van der Waals surface area (Å²) >= 11 is 0. The molecule has 0 aliphatic carbocycles. The van der Waals surface area contributed by atoms with Crippen molar-refractivity contribution < 1.29 is 4.74 Å². The minimum atomic E-state index is 0.339. The highest BCUT2D eigenvalue weighted by atomic mass is 16.5. The van der Waals surface area contributed by atoms with Gasteiger partial charge in [0.25, 0.3) is 0 Å². The number of hydrogen-bond acceptors (Lipinski definition) is 3. The third-order valence-electron chi connectivity index (χ3n) is 5.15. The second kappa shape index (κ2) is 9.41. The van der Waals surface area contributed by atoms with Crippen molar-refractivity contribution >= 4 is 0 Å². The van der Waals surface area contributed by atoms with Crippen LogP contribution in [-0.2, 0) is 11.3 Å². The van der Waals surface area contributed by atoms with E-state index in [9.17, 15) is 0 Å². The van der Waals surface area contributed by atoms with Crippen LogP contribution in [0.15, 0.2) is 30.3 Å². The number of nitrogens with zero attached hydrogens (tertiary/aromatic N) is 2. The number of likely N-dealkylation sites (tertiary alicyclic amines) is 2. The maximum absolute atomic E-state index is 6.35. The summed E-state index contributed by atoms with van der Waals surface area (Å²) in [6.45, 7) is 7.96. The summed E-state index contributed by atoms with van der Waals surface area (Å²) in [6.07, 6.45) is 8.57. The van der Waals surface area contributed by atoms with E-state index >= 15 is 0 Å². The first-order valence-corrected chi connectivity index (χ1v) is 9.50. The Bertz CT molecular complexity index is 405. The van der Waals surface area contributed by atoms with Crippen LogP contribution < -0.4 is 0 Å². The largest absolute Gasteiger partial charge is 0.371 e. The molecule has 0 unspecified atom stereocenters. The number of benzene rings is 1. The highest BCUT2D eigenvalue weighted by Crippen LogP contribution is 2.14. The molecule has 0 atom stereocenters. The lowest BCUT2D eigenvalue weighted by atomic mass is 10.1. The zero-order valence-corrected chi connectivity index (χ0v) is 14.5. The molecule has 2 fully saturated rings. The molecule has 1 aromatic carbocycles. The lowest BCUT2D eigenvalue weighted by molar-refractivity contribution is -0.0118. The molecule has 2 aliphatic heterocycles. The molecule has 3 heteroatoms. The van der Waals surface area contributed by atoms with Crippen molar-refractivity contribution in [3.05, 3.63) is 35.9 Å². The van der Waals surface area contributed by atoms with Gasteiger partial charge in [-0.25, -0.2) is 0 Å². The van der Waals surface area contributed by atoms with E-state index in [1.807, 2.05) is 0 Å². The maximum Gasteiger partial charge on any atom is 0.0833 e. The predicted octanol–water partition coefficient (Wildman–Crippen LogP) is 3.54. The van der Waals surface area contributed by atoms with Gasteiger partial charge in [-0.05, 0) is 57.4 Å². The van der Waals surface area contributed by atoms with Crippen LogP contribution in [0.2, 0.25) is 0 Å². The standard InChI is InChI=1S/C20H32N2O/c1-4-10-19(11-5-1)18-23-20(16-21-12-6-2-7-13-21)17-22-14-8-3-9-15-22/h1,4-5,10-11,20H,2-3,6-9,12-18H2. The Morgan fingerprint density at radius 2 is 1.26 bits per heavy atom. The Hall–Kier alpha value is -0.900. The third kappa shape index (κ3) is 5.91. The normalized spacial score (nSPS) is 20.9. The highest BCUT2D eigenvalue weighted by Gasteiger charge is 2.21. The molecule has 0 N–H and O–H groups in total. The van der Waals surface area contributed by atoms with Gasteiger partial charge in [-0.3, -0.25) is 0 Å². The molecule has 0 bridgehead atoms. The fourth-order valence-corrected chi connectivity index (χ4v) is 3.81. The lowest BCUT2D eigenvalue weighted by Crippen LogP contribution is -2.44. The SMILES string of the molecule is c1ccc(COC(CN2CCCCC2)CN2CCCCC2)cc1. The van der Waals surface area contributed by atoms with Crippen molar-refractivity contribution in [1.82, 2.24) is 9.80 Å². The van der Waals surface area contributed by atoms with Gasteiger partial charge in [0.1, 0.15) is 0 Å². The van der Waals surface area contributed by atoms with Crippen LogP contribution in [0, 0.1) is 0 Å². The van der Waals surface area contributed by atoms with Crippen LogP contribution in [-0.4, -0.2) is 55.2 Å². The summed E-state index contributed by atoms with van der Waals surface area (Å²) in [7, 11) is 0. The molecule has 0 aromatic heterocycles. The summed E-state index contributed by atoms with van der Waals surface area (Å²) < 4.78 is 6.35. The van der Waals surface area contributed by atoms with Gasteiger partial charge in [-0.15, -0.1) is 0 Å². The second-order valence-corrected chi connectivity index (χ2v) is 7.14. The minimum absolute atomic E-state index is 0.339. The van der Waals surface area contributed by atoms with Gasteiger partial charge in [0.15, 0.2) is 0 Å². The van der Waals surface area contributed by atoms with Crippen molar-refractivity contribution in [1.29, 1.82) is 0 Å². The monoisotopic (exact) mass is 316 g/mol. The highest BCUT2D eigenvalue weighted by molar-refractivity contribution is 5.13. The molecule has 0 saturated carbocycles. The van der Waals surface area contributed by atoms with Gasteiger partial charge in [0.05, 0.1) is 12.7 Å². The molecule has 0 radical (unpaired) electrons. The molecular weight excluding hydrogens is 284 g/mol. The zero-order valence-electron chi connectivity index (χ0n) is 14.5. The number of piperidine rings is 2. The van der Waals surface area contributed by atoms with Crippen LogP contribution in [0.25, 0.3) is 0 Å². The van der Waals surface area contributed by atoms with Crippen molar-refractivity contribution in [3.8, 4) is 0 Å². The van der Waals surface area contributed by atoms with Crippen LogP contribution in [0.4, 0.5) is 0 Å².